The lowest BCUT2D eigenvalue weighted by Crippen LogP contribution is -2.39. The van der Waals surface area contributed by atoms with E-state index in [-0.39, 0.29) is 11.9 Å². The van der Waals surface area contributed by atoms with Crippen molar-refractivity contribution >= 4 is 0 Å². The summed E-state index contributed by atoms with van der Waals surface area (Å²) in [5.41, 5.74) is 1.71. The molecule has 0 amide bonds. The van der Waals surface area contributed by atoms with Gasteiger partial charge in [-0.2, -0.15) is 0 Å². The van der Waals surface area contributed by atoms with Gasteiger partial charge in [-0.05, 0) is 50.8 Å². The van der Waals surface area contributed by atoms with Crippen molar-refractivity contribution < 1.29 is 9.13 Å². The highest BCUT2D eigenvalue weighted by molar-refractivity contribution is 5.25. The van der Waals surface area contributed by atoms with E-state index in [1.165, 1.54) is 0 Å². The van der Waals surface area contributed by atoms with Crippen molar-refractivity contribution in [3.05, 3.63) is 35.1 Å². The van der Waals surface area contributed by atoms with Gasteiger partial charge in [0.15, 0.2) is 0 Å². The number of rotatable bonds is 3. The SMILES string of the molecule is Cc1ccc(C(C)NC2CCOC(C)C2)cc1F. The highest BCUT2D eigenvalue weighted by atomic mass is 19.1. The summed E-state index contributed by atoms with van der Waals surface area (Å²) < 4.78 is 19.1. The second kappa shape index (κ2) is 5.81. The van der Waals surface area contributed by atoms with E-state index in [0.717, 1.165) is 25.0 Å². The van der Waals surface area contributed by atoms with Crippen molar-refractivity contribution in [2.45, 2.75) is 51.8 Å². The van der Waals surface area contributed by atoms with E-state index in [0.29, 0.717) is 17.7 Å². The Hall–Kier alpha value is -0.930. The average Bonchev–Trinajstić information content (AvgIpc) is 2.32. The molecule has 0 bridgehead atoms. The fourth-order valence-electron chi connectivity index (χ4n) is 2.48. The zero-order chi connectivity index (χ0) is 13.1. The summed E-state index contributed by atoms with van der Waals surface area (Å²) >= 11 is 0. The van der Waals surface area contributed by atoms with Crippen molar-refractivity contribution in [3.8, 4) is 0 Å². The monoisotopic (exact) mass is 251 g/mol. The van der Waals surface area contributed by atoms with E-state index in [1.807, 2.05) is 12.1 Å². The van der Waals surface area contributed by atoms with E-state index in [4.69, 9.17) is 4.74 Å². The van der Waals surface area contributed by atoms with Crippen LogP contribution in [0.5, 0.6) is 0 Å². The number of halogens is 1. The van der Waals surface area contributed by atoms with Crippen LogP contribution in [0.4, 0.5) is 4.39 Å². The number of aryl methyl sites for hydroxylation is 1. The molecule has 1 aliphatic rings. The normalized spacial score (nSPS) is 26.0. The summed E-state index contributed by atoms with van der Waals surface area (Å²) in [7, 11) is 0. The smallest absolute Gasteiger partial charge is 0.126 e. The average molecular weight is 251 g/mol. The van der Waals surface area contributed by atoms with Gasteiger partial charge in [-0.3, -0.25) is 0 Å². The molecule has 1 saturated heterocycles. The first-order chi connectivity index (χ1) is 8.56. The predicted octanol–water partition coefficient (Wildman–Crippen LogP) is 3.35. The number of nitrogens with one attached hydrogen (secondary N) is 1. The van der Waals surface area contributed by atoms with E-state index >= 15 is 0 Å². The van der Waals surface area contributed by atoms with Crippen LogP contribution >= 0.6 is 0 Å². The van der Waals surface area contributed by atoms with Gasteiger partial charge >= 0.3 is 0 Å². The third kappa shape index (κ3) is 3.30. The molecule has 0 spiro atoms. The molecular weight excluding hydrogens is 229 g/mol. The number of hydrogen-bond donors (Lipinski definition) is 1. The van der Waals surface area contributed by atoms with Gasteiger partial charge in [0.1, 0.15) is 5.82 Å². The fraction of sp³-hybridized carbons (Fsp3) is 0.600. The summed E-state index contributed by atoms with van der Waals surface area (Å²) in [6.45, 7) is 6.79. The Morgan fingerprint density at radius 2 is 2.22 bits per heavy atom. The molecular formula is C15H22FNO. The first-order valence-electron chi connectivity index (χ1n) is 6.70. The van der Waals surface area contributed by atoms with E-state index in [9.17, 15) is 4.39 Å². The highest BCUT2D eigenvalue weighted by Crippen LogP contribution is 2.20. The second-order valence-electron chi connectivity index (χ2n) is 5.30. The van der Waals surface area contributed by atoms with Crippen LogP contribution < -0.4 is 5.32 Å². The van der Waals surface area contributed by atoms with E-state index in [2.05, 4.69) is 19.2 Å². The zero-order valence-electron chi connectivity index (χ0n) is 11.4. The van der Waals surface area contributed by atoms with Crippen LogP contribution in [0.1, 0.15) is 43.9 Å². The van der Waals surface area contributed by atoms with Gasteiger partial charge in [0, 0.05) is 18.7 Å². The quantitative estimate of drug-likeness (QED) is 0.889. The van der Waals surface area contributed by atoms with Gasteiger partial charge < -0.3 is 10.1 Å². The molecule has 3 heteroatoms. The Balaban J connectivity index is 1.98. The summed E-state index contributed by atoms with van der Waals surface area (Å²) in [6, 6.07) is 6.12. The van der Waals surface area contributed by atoms with Crippen molar-refractivity contribution in [1.82, 2.24) is 5.32 Å². The van der Waals surface area contributed by atoms with Gasteiger partial charge in [0.05, 0.1) is 6.10 Å². The minimum Gasteiger partial charge on any atom is -0.378 e. The lowest BCUT2D eigenvalue weighted by molar-refractivity contribution is 0.0116. The van der Waals surface area contributed by atoms with Gasteiger partial charge in [-0.15, -0.1) is 0 Å². The lowest BCUT2D eigenvalue weighted by Gasteiger charge is -2.30. The molecule has 0 aliphatic carbocycles. The predicted molar refractivity (Wildman–Crippen MR) is 71.1 cm³/mol. The largest absolute Gasteiger partial charge is 0.378 e. The molecule has 1 fully saturated rings. The fourth-order valence-corrected chi connectivity index (χ4v) is 2.48. The van der Waals surface area contributed by atoms with Gasteiger partial charge in [-0.25, -0.2) is 4.39 Å². The van der Waals surface area contributed by atoms with Crippen molar-refractivity contribution in [1.29, 1.82) is 0 Å². The molecule has 1 N–H and O–H groups in total. The minimum absolute atomic E-state index is 0.124. The third-order valence-corrected chi connectivity index (χ3v) is 3.67. The molecule has 100 valence electrons. The van der Waals surface area contributed by atoms with E-state index in [1.54, 1.807) is 13.0 Å². The topological polar surface area (TPSA) is 21.3 Å². The Labute approximate surface area is 109 Å². The number of benzene rings is 1. The maximum Gasteiger partial charge on any atom is 0.126 e. The van der Waals surface area contributed by atoms with E-state index < -0.39 is 0 Å². The maximum absolute atomic E-state index is 13.5. The summed E-state index contributed by atoms with van der Waals surface area (Å²) in [6.07, 6.45) is 2.38. The Kier molecular flexibility index (Phi) is 4.36. The van der Waals surface area contributed by atoms with Crippen LogP contribution in [0, 0.1) is 12.7 Å². The summed E-state index contributed by atoms with van der Waals surface area (Å²) in [5.74, 6) is -0.124. The van der Waals surface area contributed by atoms with Crippen LogP contribution in [0.15, 0.2) is 18.2 Å². The first-order valence-corrected chi connectivity index (χ1v) is 6.70. The summed E-state index contributed by atoms with van der Waals surface area (Å²) in [4.78, 5) is 0. The van der Waals surface area contributed by atoms with Crippen molar-refractivity contribution in [2.75, 3.05) is 6.61 Å². The second-order valence-corrected chi connectivity index (χ2v) is 5.30. The number of hydrogen-bond acceptors (Lipinski definition) is 2. The highest BCUT2D eigenvalue weighted by Gasteiger charge is 2.21. The molecule has 0 saturated carbocycles. The Morgan fingerprint density at radius 1 is 1.44 bits per heavy atom. The molecule has 0 aromatic heterocycles. The Morgan fingerprint density at radius 3 is 2.89 bits per heavy atom. The molecule has 1 aromatic carbocycles. The van der Waals surface area contributed by atoms with Gasteiger partial charge in [0.25, 0.3) is 0 Å². The first kappa shape index (κ1) is 13.5. The van der Waals surface area contributed by atoms with Crippen molar-refractivity contribution in [2.24, 2.45) is 0 Å². The Bertz CT molecular complexity index is 407. The molecule has 2 rings (SSSR count). The number of ether oxygens (including phenoxy) is 1. The summed E-state index contributed by atoms with van der Waals surface area (Å²) in [5, 5.41) is 3.57. The van der Waals surface area contributed by atoms with Crippen LogP contribution in [-0.2, 0) is 4.74 Å². The van der Waals surface area contributed by atoms with Crippen LogP contribution in [0.2, 0.25) is 0 Å². The molecule has 3 unspecified atom stereocenters. The van der Waals surface area contributed by atoms with Gasteiger partial charge in [0.2, 0.25) is 0 Å². The van der Waals surface area contributed by atoms with Gasteiger partial charge in [-0.1, -0.05) is 12.1 Å². The van der Waals surface area contributed by atoms with Crippen molar-refractivity contribution in [3.63, 3.8) is 0 Å². The molecule has 0 radical (unpaired) electrons. The molecule has 18 heavy (non-hydrogen) atoms. The molecule has 2 nitrogen and oxygen atoms in total. The molecule has 1 aliphatic heterocycles. The standard InChI is InChI=1S/C15H22FNO/c1-10-4-5-13(9-15(10)16)12(3)17-14-6-7-18-11(2)8-14/h4-5,9,11-12,14,17H,6-8H2,1-3H3. The molecule has 1 heterocycles. The van der Waals surface area contributed by atoms with Crippen LogP contribution in [0.25, 0.3) is 0 Å². The third-order valence-electron chi connectivity index (χ3n) is 3.67. The van der Waals surface area contributed by atoms with Crippen LogP contribution in [-0.4, -0.2) is 18.8 Å². The maximum atomic E-state index is 13.5. The molecule has 3 atom stereocenters. The zero-order valence-corrected chi connectivity index (χ0v) is 11.4. The minimum atomic E-state index is -0.124. The molecule has 1 aromatic rings. The lowest BCUT2D eigenvalue weighted by atomic mass is 10.0. The van der Waals surface area contributed by atoms with Crippen LogP contribution in [0.3, 0.4) is 0 Å².